The quantitative estimate of drug-likeness (QED) is 0.546. The molecule has 0 bridgehead atoms. The van der Waals surface area contributed by atoms with Gasteiger partial charge in [0, 0.05) is 6.20 Å². The molecule has 4 heteroatoms. The zero-order valence-electron chi connectivity index (χ0n) is 6.80. The van der Waals surface area contributed by atoms with Crippen LogP contribution in [0.4, 0.5) is 0 Å². The summed E-state index contributed by atoms with van der Waals surface area (Å²) in [5.41, 5.74) is 1.34. The molecule has 0 amide bonds. The third-order valence-electron chi connectivity index (χ3n) is 1.55. The molecule has 64 valence electrons. The standard InChI is InChI=1S/C8H8BrNO2/c1-5-6(8(11)12-2)3-4-10-7(5)9/h3-4H,1-2H3. The van der Waals surface area contributed by atoms with Crippen molar-refractivity contribution in [2.75, 3.05) is 7.11 Å². The van der Waals surface area contributed by atoms with Crippen LogP contribution >= 0.6 is 15.9 Å². The van der Waals surface area contributed by atoms with Gasteiger partial charge in [0.1, 0.15) is 4.60 Å². The summed E-state index contributed by atoms with van der Waals surface area (Å²) in [6, 6.07) is 1.63. The molecule has 0 N–H and O–H groups in total. The fourth-order valence-electron chi connectivity index (χ4n) is 0.841. The average molecular weight is 230 g/mol. The number of hydrogen-bond donors (Lipinski definition) is 0. The zero-order valence-corrected chi connectivity index (χ0v) is 8.38. The molecule has 0 unspecified atom stereocenters. The minimum Gasteiger partial charge on any atom is -0.465 e. The maximum Gasteiger partial charge on any atom is 0.338 e. The fourth-order valence-corrected chi connectivity index (χ4v) is 1.17. The van der Waals surface area contributed by atoms with Gasteiger partial charge in [-0.05, 0) is 34.5 Å². The van der Waals surface area contributed by atoms with Gasteiger partial charge in [0.2, 0.25) is 0 Å². The lowest BCUT2D eigenvalue weighted by atomic mass is 10.2. The van der Waals surface area contributed by atoms with E-state index in [4.69, 9.17) is 0 Å². The summed E-state index contributed by atoms with van der Waals surface area (Å²) in [5.74, 6) is -0.337. The second kappa shape index (κ2) is 3.67. The number of hydrogen-bond acceptors (Lipinski definition) is 3. The summed E-state index contributed by atoms with van der Waals surface area (Å²) in [6.45, 7) is 1.81. The first-order valence-corrected chi connectivity index (χ1v) is 4.15. The predicted octanol–water partition coefficient (Wildman–Crippen LogP) is 1.94. The number of esters is 1. The summed E-state index contributed by atoms with van der Waals surface area (Å²) >= 11 is 3.22. The van der Waals surface area contributed by atoms with Gasteiger partial charge in [-0.3, -0.25) is 0 Å². The van der Waals surface area contributed by atoms with E-state index in [1.165, 1.54) is 7.11 Å². The van der Waals surface area contributed by atoms with Gasteiger partial charge in [0.25, 0.3) is 0 Å². The van der Waals surface area contributed by atoms with Crippen molar-refractivity contribution in [2.45, 2.75) is 6.92 Å². The number of methoxy groups -OCH3 is 1. The van der Waals surface area contributed by atoms with Crippen molar-refractivity contribution >= 4 is 21.9 Å². The highest BCUT2D eigenvalue weighted by atomic mass is 79.9. The number of nitrogens with zero attached hydrogens (tertiary/aromatic N) is 1. The second-order valence-electron chi connectivity index (χ2n) is 2.27. The predicted molar refractivity (Wildman–Crippen MR) is 48.0 cm³/mol. The molecular weight excluding hydrogens is 222 g/mol. The zero-order chi connectivity index (χ0) is 9.14. The Morgan fingerprint density at radius 1 is 1.67 bits per heavy atom. The molecule has 0 spiro atoms. The highest BCUT2D eigenvalue weighted by molar-refractivity contribution is 9.10. The number of rotatable bonds is 1. The molecule has 0 fully saturated rings. The third-order valence-corrected chi connectivity index (χ3v) is 2.35. The lowest BCUT2D eigenvalue weighted by Gasteiger charge is -2.03. The maximum absolute atomic E-state index is 11.1. The molecular formula is C8H8BrNO2. The summed E-state index contributed by atoms with van der Waals surface area (Å²) < 4.78 is 5.26. The SMILES string of the molecule is COC(=O)c1ccnc(Br)c1C. The van der Waals surface area contributed by atoms with Crippen LogP contribution in [0, 0.1) is 6.92 Å². The number of carbonyl (C=O) groups excluding carboxylic acids is 1. The normalized spacial score (nSPS) is 9.58. The first-order valence-electron chi connectivity index (χ1n) is 3.36. The van der Waals surface area contributed by atoms with Crippen LogP contribution < -0.4 is 0 Å². The van der Waals surface area contributed by atoms with Gasteiger partial charge in [-0.2, -0.15) is 0 Å². The van der Waals surface area contributed by atoms with E-state index in [0.29, 0.717) is 10.2 Å². The van der Waals surface area contributed by atoms with E-state index in [1.54, 1.807) is 12.3 Å². The van der Waals surface area contributed by atoms with Gasteiger partial charge in [0.05, 0.1) is 12.7 Å². The van der Waals surface area contributed by atoms with Crippen LogP contribution in [-0.4, -0.2) is 18.1 Å². The highest BCUT2D eigenvalue weighted by Gasteiger charge is 2.10. The number of aromatic nitrogens is 1. The summed E-state index contributed by atoms with van der Waals surface area (Å²) in [5, 5.41) is 0. The number of halogens is 1. The first-order chi connectivity index (χ1) is 5.66. The maximum atomic E-state index is 11.1. The average Bonchev–Trinajstić information content (AvgIpc) is 2.08. The summed E-state index contributed by atoms with van der Waals surface area (Å²) in [4.78, 5) is 15.1. The van der Waals surface area contributed by atoms with Gasteiger partial charge >= 0.3 is 5.97 Å². The Kier molecular flexibility index (Phi) is 2.81. The van der Waals surface area contributed by atoms with E-state index in [0.717, 1.165) is 5.56 Å². The van der Waals surface area contributed by atoms with Crippen LogP contribution in [0.1, 0.15) is 15.9 Å². The lowest BCUT2D eigenvalue weighted by molar-refractivity contribution is 0.0599. The lowest BCUT2D eigenvalue weighted by Crippen LogP contribution is -2.04. The van der Waals surface area contributed by atoms with Crippen LogP contribution in [0.2, 0.25) is 0 Å². The Balaban J connectivity index is 3.16. The Labute approximate surface area is 78.9 Å². The van der Waals surface area contributed by atoms with Crippen molar-refractivity contribution < 1.29 is 9.53 Å². The Bertz CT molecular complexity index is 312. The van der Waals surface area contributed by atoms with Crippen LogP contribution in [0.5, 0.6) is 0 Å². The molecule has 1 aromatic heterocycles. The topological polar surface area (TPSA) is 39.2 Å². The Hall–Kier alpha value is -0.900. The monoisotopic (exact) mass is 229 g/mol. The molecule has 12 heavy (non-hydrogen) atoms. The molecule has 0 aliphatic carbocycles. The molecule has 0 aromatic carbocycles. The summed E-state index contributed by atoms with van der Waals surface area (Å²) in [7, 11) is 1.36. The minimum absolute atomic E-state index is 0.337. The van der Waals surface area contributed by atoms with E-state index in [2.05, 4.69) is 25.7 Å². The number of pyridine rings is 1. The molecule has 0 saturated heterocycles. The molecule has 0 aliphatic rings. The molecule has 0 atom stereocenters. The third kappa shape index (κ3) is 1.64. The van der Waals surface area contributed by atoms with Gasteiger partial charge in [0.15, 0.2) is 0 Å². The van der Waals surface area contributed by atoms with E-state index in [1.807, 2.05) is 6.92 Å². The molecule has 3 nitrogen and oxygen atoms in total. The van der Waals surface area contributed by atoms with E-state index in [9.17, 15) is 4.79 Å². The van der Waals surface area contributed by atoms with E-state index < -0.39 is 0 Å². The molecule has 1 heterocycles. The van der Waals surface area contributed by atoms with Crippen molar-refractivity contribution in [1.82, 2.24) is 4.98 Å². The smallest absolute Gasteiger partial charge is 0.338 e. The van der Waals surface area contributed by atoms with Crippen LogP contribution in [-0.2, 0) is 4.74 Å². The van der Waals surface area contributed by atoms with Crippen LogP contribution in [0.3, 0.4) is 0 Å². The molecule has 0 aliphatic heterocycles. The molecule has 0 saturated carbocycles. The fraction of sp³-hybridized carbons (Fsp3) is 0.250. The molecule has 1 rings (SSSR count). The van der Waals surface area contributed by atoms with Gasteiger partial charge < -0.3 is 4.74 Å². The van der Waals surface area contributed by atoms with Gasteiger partial charge in [-0.15, -0.1) is 0 Å². The van der Waals surface area contributed by atoms with Gasteiger partial charge in [-0.25, -0.2) is 9.78 Å². The summed E-state index contributed by atoms with van der Waals surface area (Å²) in [6.07, 6.45) is 1.56. The van der Waals surface area contributed by atoms with E-state index >= 15 is 0 Å². The van der Waals surface area contributed by atoms with Gasteiger partial charge in [-0.1, -0.05) is 0 Å². The van der Waals surface area contributed by atoms with Crippen molar-refractivity contribution in [2.24, 2.45) is 0 Å². The van der Waals surface area contributed by atoms with Crippen molar-refractivity contribution in [3.05, 3.63) is 28.0 Å². The minimum atomic E-state index is -0.337. The highest BCUT2D eigenvalue weighted by Crippen LogP contribution is 2.16. The molecule has 1 aromatic rings. The van der Waals surface area contributed by atoms with Crippen molar-refractivity contribution in [3.8, 4) is 0 Å². The van der Waals surface area contributed by atoms with Crippen LogP contribution in [0.25, 0.3) is 0 Å². The number of carbonyl (C=O) groups is 1. The van der Waals surface area contributed by atoms with E-state index in [-0.39, 0.29) is 5.97 Å². The van der Waals surface area contributed by atoms with Crippen molar-refractivity contribution in [3.63, 3.8) is 0 Å². The Morgan fingerprint density at radius 3 is 2.92 bits per heavy atom. The Morgan fingerprint density at radius 2 is 2.33 bits per heavy atom. The van der Waals surface area contributed by atoms with Crippen LogP contribution in [0.15, 0.2) is 16.9 Å². The number of ether oxygens (including phenoxy) is 1. The largest absolute Gasteiger partial charge is 0.465 e. The van der Waals surface area contributed by atoms with Crippen molar-refractivity contribution in [1.29, 1.82) is 0 Å². The first kappa shape index (κ1) is 9.19. The second-order valence-corrected chi connectivity index (χ2v) is 3.02. The molecule has 0 radical (unpaired) electrons.